The Balaban J connectivity index is 3.26. The Labute approximate surface area is 95.1 Å². The van der Waals surface area contributed by atoms with Gasteiger partial charge in [-0.25, -0.2) is 4.39 Å². The molecule has 0 atom stereocenters. The summed E-state index contributed by atoms with van der Waals surface area (Å²) in [7, 11) is 0. The number of carbonyl (C=O) groups is 1. The molecule has 0 aliphatic heterocycles. The normalized spacial score (nSPS) is 11.6. The summed E-state index contributed by atoms with van der Waals surface area (Å²) < 4.78 is 13.9. The first-order valence-corrected chi connectivity index (χ1v) is 5.23. The van der Waals surface area contributed by atoms with Crippen LogP contribution in [0.3, 0.4) is 0 Å². The lowest BCUT2D eigenvalue weighted by Crippen LogP contribution is -2.23. The fourth-order valence-corrected chi connectivity index (χ4v) is 1.92. The highest BCUT2D eigenvalue weighted by Gasteiger charge is 2.28. The van der Waals surface area contributed by atoms with E-state index in [1.807, 2.05) is 6.92 Å². The molecule has 0 aliphatic rings. The third kappa shape index (κ3) is 2.60. The van der Waals surface area contributed by atoms with E-state index in [2.05, 4.69) is 0 Å². The molecule has 2 nitrogen and oxygen atoms in total. The van der Waals surface area contributed by atoms with E-state index < -0.39 is 11.4 Å². The Morgan fingerprint density at radius 2 is 1.94 bits per heavy atom. The number of halogens is 1. The summed E-state index contributed by atoms with van der Waals surface area (Å²) in [4.78, 5) is 10.7. The highest BCUT2D eigenvalue weighted by molar-refractivity contribution is 5.69. The van der Waals surface area contributed by atoms with Gasteiger partial charge in [0.1, 0.15) is 5.82 Å². The maximum atomic E-state index is 13.9. The minimum Gasteiger partial charge on any atom is -0.481 e. The van der Waals surface area contributed by atoms with Gasteiger partial charge in [-0.3, -0.25) is 4.79 Å². The number of aliphatic carboxylic acids is 1. The first-order valence-electron chi connectivity index (χ1n) is 5.23. The Hall–Kier alpha value is -1.38. The lowest BCUT2D eigenvalue weighted by Gasteiger charge is -2.25. The summed E-state index contributed by atoms with van der Waals surface area (Å²) >= 11 is 0. The fraction of sp³-hybridized carbons (Fsp3) is 0.462. The van der Waals surface area contributed by atoms with Crippen LogP contribution in [0.2, 0.25) is 0 Å². The monoisotopic (exact) mass is 224 g/mol. The van der Waals surface area contributed by atoms with Crippen molar-refractivity contribution in [3.63, 3.8) is 0 Å². The van der Waals surface area contributed by atoms with Crippen LogP contribution in [0.5, 0.6) is 0 Å². The number of carboxylic acid groups (broad SMARTS) is 1. The van der Waals surface area contributed by atoms with Crippen LogP contribution >= 0.6 is 0 Å². The van der Waals surface area contributed by atoms with Gasteiger partial charge in [-0.2, -0.15) is 0 Å². The van der Waals surface area contributed by atoms with Gasteiger partial charge in [0.15, 0.2) is 0 Å². The van der Waals surface area contributed by atoms with Gasteiger partial charge in [0, 0.05) is 5.41 Å². The second-order valence-corrected chi connectivity index (χ2v) is 4.90. The zero-order valence-corrected chi connectivity index (χ0v) is 10.1. The standard InChI is InChI=1S/C13H17FO2/c1-8-5-9(2)12(14)10(6-8)13(3,4)7-11(15)16/h5-6H,7H2,1-4H3,(H,15,16). The fourth-order valence-electron chi connectivity index (χ4n) is 1.92. The van der Waals surface area contributed by atoms with Gasteiger partial charge in [0.05, 0.1) is 6.42 Å². The van der Waals surface area contributed by atoms with Crippen molar-refractivity contribution in [2.75, 3.05) is 0 Å². The molecule has 1 rings (SSSR count). The van der Waals surface area contributed by atoms with Gasteiger partial charge in [0.25, 0.3) is 0 Å². The largest absolute Gasteiger partial charge is 0.481 e. The third-order valence-corrected chi connectivity index (χ3v) is 2.72. The van der Waals surface area contributed by atoms with Crippen LogP contribution in [0, 0.1) is 19.7 Å². The van der Waals surface area contributed by atoms with E-state index >= 15 is 0 Å². The summed E-state index contributed by atoms with van der Waals surface area (Å²) in [6.45, 7) is 7.08. The average Bonchev–Trinajstić information content (AvgIpc) is 2.08. The van der Waals surface area contributed by atoms with E-state index in [0.717, 1.165) is 5.56 Å². The van der Waals surface area contributed by atoms with Gasteiger partial charge in [-0.1, -0.05) is 31.5 Å². The van der Waals surface area contributed by atoms with E-state index in [0.29, 0.717) is 11.1 Å². The molecule has 0 saturated heterocycles. The third-order valence-electron chi connectivity index (χ3n) is 2.72. The minimum absolute atomic E-state index is 0.0766. The molecule has 88 valence electrons. The molecule has 1 aromatic carbocycles. The number of hydrogen-bond donors (Lipinski definition) is 1. The molecule has 0 amide bonds. The predicted octanol–water partition coefficient (Wildman–Crippen LogP) is 3.19. The topological polar surface area (TPSA) is 37.3 Å². The van der Waals surface area contributed by atoms with E-state index in [1.165, 1.54) is 0 Å². The molecule has 0 aromatic heterocycles. The highest BCUT2D eigenvalue weighted by Crippen LogP contribution is 2.31. The maximum Gasteiger partial charge on any atom is 0.304 e. The molecule has 0 unspecified atom stereocenters. The second-order valence-electron chi connectivity index (χ2n) is 4.90. The van der Waals surface area contributed by atoms with Crippen molar-refractivity contribution in [3.8, 4) is 0 Å². The second kappa shape index (κ2) is 4.24. The molecule has 0 spiro atoms. The van der Waals surface area contributed by atoms with Gasteiger partial charge in [-0.15, -0.1) is 0 Å². The Kier molecular flexibility index (Phi) is 3.36. The molecular weight excluding hydrogens is 207 g/mol. The lowest BCUT2D eigenvalue weighted by atomic mass is 9.80. The van der Waals surface area contributed by atoms with Gasteiger partial charge < -0.3 is 5.11 Å². The Morgan fingerprint density at radius 3 is 2.44 bits per heavy atom. The van der Waals surface area contributed by atoms with Gasteiger partial charge in [-0.05, 0) is 25.0 Å². The number of hydrogen-bond acceptors (Lipinski definition) is 1. The van der Waals surface area contributed by atoms with Gasteiger partial charge in [0.2, 0.25) is 0 Å². The van der Waals surface area contributed by atoms with Crippen molar-refractivity contribution >= 4 is 5.97 Å². The van der Waals surface area contributed by atoms with Crippen LogP contribution in [-0.4, -0.2) is 11.1 Å². The number of aryl methyl sites for hydroxylation is 2. The zero-order valence-electron chi connectivity index (χ0n) is 10.1. The Morgan fingerprint density at radius 1 is 1.38 bits per heavy atom. The molecule has 0 radical (unpaired) electrons. The molecule has 0 aliphatic carbocycles. The lowest BCUT2D eigenvalue weighted by molar-refractivity contribution is -0.138. The molecule has 1 aromatic rings. The van der Waals surface area contributed by atoms with Crippen molar-refractivity contribution in [2.24, 2.45) is 0 Å². The summed E-state index contributed by atoms with van der Waals surface area (Å²) in [5, 5.41) is 8.82. The van der Waals surface area contributed by atoms with Crippen LogP contribution in [0.1, 0.15) is 37.0 Å². The van der Waals surface area contributed by atoms with E-state index in [-0.39, 0.29) is 12.2 Å². The quantitative estimate of drug-likeness (QED) is 0.856. The highest BCUT2D eigenvalue weighted by atomic mass is 19.1. The summed E-state index contributed by atoms with van der Waals surface area (Å²) in [6.07, 6.45) is -0.0766. The van der Waals surface area contributed by atoms with Gasteiger partial charge >= 0.3 is 5.97 Å². The number of carboxylic acids is 1. The van der Waals surface area contributed by atoms with Crippen molar-refractivity contribution in [3.05, 3.63) is 34.6 Å². The van der Waals surface area contributed by atoms with Crippen molar-refractivity contribution in [1.29, 1.82) is 0 Å². The summed E-state index contributed by atoms with van der Waals surface area (Å²) in [6, 6.07) is 3.49. The SMILES string of the molecule is Cc1cc(C)c(F)c(C(C)(C)CC(=O)O)c1. The van der Waals surface area contributed by atoms with Crippen LogP contribution in [0.15, 0.2) is 12.1 Å². The molecule has 1 N–H and O–H groups in total. The number of rotatable bonds is 3. The summed E-state index contributed by atoms with van der Waals surface area (Å²) in [5.74, 6) is -1.21. The predicted molar refractivity (Wildman–Crippen MR) is 61.2 cm³/mol. The maximum absolute atomic E-state index is 13.9. The van der Waals surface area contributed by atoms with Crippen LogP contribution in [0.4, 0.5) is 4.39 Å². The molecule has 0 fully saturated rings. The first-order chi connectivity index (χ1) is 7.24. The molecule has 3 heteroatoms. The van der Waals surface area contributed by atoms with Crippen LogP contribution in [0.25, 0.3) is 0 Å². The summed E-state index contributed by atoms with van der Waals surface area (Å²) in [5.41, 5.74) is 1.31. The van der Waals surface area contributed by atoms with Crippen LogP contribution < -0.4 is 0 Å². The zero-order chi connectivity index (χ0) is 12.5. The molecule has 0 heterocycles. The average molecular weight is 224 g/mol. The Bertz CT molecular complexity index is 422. The molecular formula is C13H17FO2. The molecule has 0 bridgehead atoms. The van der Waals surface area contributed by atoms with Crippen molar-refractivity contribution in [1.82, 2.24) is 0 Å². The van der Waals surface area contributed by atoms with Crippen molar-refractivity contribution < 1.29 is 14.3 Å². The van der Waals surface area contributed by atoms with E-state index in [1.54, 1.807) is 32.9 Å². The van der Waals surface area contributed by atoms with Crippen LogP contribution in [-0.2, 0) is 10.2 Å². The molecule has 16 heavy (non-hydrogen) atoms. The smallest absolute Gasteiger partial charge is 0.304 e. The molecule has 0 saturated carbocycles. The first kappa shape index (κ1) is 12.7. The number of benzene rings is 1. The van der Waals surface area contributed by atoms with Crippen molar-refractivity contribution in [2.45, 2.75) is 39.5 Å². The van der Waals surface area contributed by atoms with E-state index in [9.17, 15) is 9.18 Å². The van der Waals surface area contributed by atoms with E-state index in [4.69, 9.17) is 5.11 Å². The minimum atomic E-state index is -0.913.